The number of imide groups is 1. The molecule has 0 saturated heterocycles. The number of hydrogen-bond acceptors (Lipinski definition) is 5. The van der Waals surface area contributed by atoms with Gasteiger partial charge in [-0.05, 0) is 37.8 Å². The average Bonchev–Trinajstić information content (AvgIpc) is 2.94. The molecule has 2 atom stereocenters. The van der Waals surface area contributed by atoms with E-state index < -0.39 is 29.9 Å². The molecule has 0 spiro atoms. The fourth-order valence-corrected chi connectivity index (χ4v) is 4.00. The summed E-state index contributed by atoms with van der Waals surface area (Å²) in [6.45, 7) is 4.99. The highest BCUT2D eigenvalue weighted by Gasteiger charge is 2.45. The number of ether oxygens (including phenoxy) is 1. The van der Waals surface area contributed by atoms with Gasteiger partial charge in [-0.2, -0.15) is 0 Å². The normalized spacial score (nSPS) is 19.1. The van der Waals surface area contributed by atoms with Crippen LogP contribution in [0.25, 0.3) is 0 Å². The van der Waals surface area contributed by atoms with Crippen molar-refractivity contribution in [1.29, 1.82) is 0 Å². The monoisotopic (exact) mass is 400 g/mol. The molecule has 1 fully saturated rings. The molecule has 3 amide bonds. The van der Waals surface area contributed by atoms with E-state index in [0.29, 0.717) is 0 Å². The van der Waals surface area contributed by atoms with Crippen LogP contribution in [0.2, 0.25) is 0 Å². The summed E-state index contributed by atoms with van der Waals surface area (Å²) in [5.74, 6) is -2.49. The molecule has 1 N–H and O–H groups in total. The summed E-state index contributed by atoms with van der Waals surface area (Å²) in [5, 5.41) is 2.93. The molecule has 7 heteroatoms. The van der Waals surface area contributed by atoms with Gasteiger partial charge in [0.05, 0.1) is 11.1 Å². The Bertz CT molecular complexity index is 778. The molecule has 0 radical (unpaired) electrons. The maximum Gasteiger partial charge on any atom is 0.330 e. The molecule has 1 aliphatic heterocycles. The standard InChI is InChI=1S/C22H28N2O5/c1-13(2)18(24-20(26)16-11-7-8-12-17(16)21(24)27)22(28)29-14(3)19(25)23-15-9-5-4-6-10-15/h7-8,11-15,18H,4-6,9-10H2,1-3H3,(H,23,25)/t14-,18+/m1/s1. The summed E-state index contributed by atoms with van der Waals surface area (Å²) in [5.41, 5.74) is 0.554. The number of nitrogens with zero attached hydrogens (tertiary/aromatic N) is 1. The van der Waals surface area contributed by atoms with Gasteiger partial charge in [0.25, 0.3) is 17.7 Å². The fourth-order valence-electron chi connectivity index (χ4n) is 4.00. The van der Waals surface area contributed by atoms with Gasteiger partial charge in [0.1, 0.15) is 6.04 Å². The molecule has 29 heavy (non-hydrogen) atoms. The molecule has 1 aromatic rings. The maximum absolute atomic E-state index is 12.9. The van der Waals surface area contributed by atoms with Gasteiger partial charge >= 0.3 is 5.97 Å². The van der Waals surface area contributed by atoms with E-state index in [1.807, 2.05) is 0 Å². The summed E-state index contributed by atoms with van der Waals surface area (Å²) >= 11 is 0. The third-order valence-corrected chi connectivity index (χ3v) is 5.59. The van der Waals surface area contributed by atoms with Crippen molar-refractivity contribution in [2.45, 2.75) is 71.1 Å². The number of nitrogens with one attached hydrogen (secondary N) is 1. The first-order chi connectivity index (χ1) is 13.8. The summed E-state index contributed by atoms with van der Waals surface area (Å²) in [4.78, 5) is 51.8. The van der Waals surface area contributed by atoms with Crippen molar-refractivity contribution in [1.82, 2.24) is 10.2 Å². The zero-order chi connectivity index (χ0) is 21.1. The number of fused-ring (bicyclic) bond motifs is 1. The van der Waals surface area contributed by atoms with Crippen LogP contribution in [-0.4, -0.2) is 46.8 Å². The minimum Gasteiger partial charge on any atom is -0.451 e. The predicted octanol–water partition coefficient (Wildman–Crippen LogP) is 2.69. The lowest BCUT2D eigenvalue weighted by Crippen LogP contribution is -2.51. The van der Waals surface area contributed by atoms with Crippen LogP contribution >= 0.6 is 0 Å². The van der Waals surface area contributed by atoms with E-state index in [1.54, 1.807) is 38.1 Å². The van der Waals surface area contributed by atoms with E-state index in [0.717, 1.165) is 30.6 Å². The molecule has 2 aliphatic rings. The van der Waals surface area contributed by atoms with Gasteiger partial charge in [-0.1, -0.05) is 45.2 Å². The second kappa shape index (κ2) is 8.76. The Morgan fingerprint density at radius 1 is 1.00 bits per heavy atom. The molecular formula is C22H28N2O5. The topological polar surface area (TPSA) is 92.8 Å². The summed E-state index contributed by atoms with van der Waals surface area (Å²) in [6, 6.07) is 5.50. The molecule has 3 rings (SSSR count). The van der Waals surface area contributed by atoms with E-state index in [2.05, 4.69) is 5.32 Å². The van der Waals surface area contributed by atoms with Crippen molar-refractivity contribution in [3.8, 4) is 0 Å². The van der Waals surface area contributed by atoms with E-state index >= 15 is 0 Å². The van der Waals surface area contributed by atoms with Crippen LogP contribution in [0, 0.1) is 5.92 Å². The predicted molar refractivity (Wildman–Crippen MR) is 106 cm³/mol. The highest BCUT2D eigenvalue weighted by atomic mass is 16.5. The second-order valence-electron chi connectivity index (χ2n) is 8.14. The molecule has 0 unspecified atom stereocenters. The van der Waals surface area contributed by atoms with Crippen LogP contribution in [0.1, 0.15) is 73.6 Å². The van der Waals surface area contributed by atoms with Gasteiger partial charge in [0, 0.05) is 6.04 Å². The van der Waals surface area contributed by atoms with Crippen molar-refractivity contribution >= 4 is 23.7 Å². The van der Waals surface area contributed by atoms with Crippen LogP contribution in [0.15, 0.2) is 24.3 Å². The van der Waals surface area contributed by atoms with Crippen molar-refractivity contribution in [3.63, 3.8) is 0 Å². The van der Waals surface area contributed by atoms with Crippen LogP contribution in [0.4, 0.5) is 0 Å². The lowest BCUT2D eigenvalue weighted by atomic mass is 9.95. The van der Waals surface area contributed by atoms with Gasteiger partial charge in [0.15, 0.2) is 6.10 Å². The van der Waals surface area contributed by atoms with Gasteiger partial charge in [0.2, 0.25) is 0 Å². The summed E-state index contributed by atoms with van der Waals surface area (Å²) in [6.07, 6.45) is 4.18. The summed E-state index contributed by atoms with van der Waals surface area (Å²) < 4.78 is 5.39. The molecule has 1 aliphatic carbocycles. The molecule has 0 bridgehead atoms. The van der Waals surface area contributed by atoms with E-state index in [9.17, 15) is 19.2 Å². The second-order valence-corrected chi connectivity index (χ2v) is 8.14. The van der Waals surface area contributed by atoms with Crippen molar-refractivity contribution in [2.24, 2.45) is 5.92 Å². The Morgan fingerprint density at radius 3 is 2.07 bits per heavy atom. The van der Waals surface area contributed by atoms with Crippen LogP contribution < -0.4 is 5.32 Å². The van der Waals surface area contributed by atoms with Crippen LogP contribution in [-0.2, 0) is 14.3 Å². The number of benzene rings is 1. The minimum absolute atomic E-state index is 0.106. The SMILES string of the molecule is CC(C)[C@@H](C(=O)O[C@H](C)C(=O)NC1CCCCC1)N1C(=O)c2ccccc2C1=O. The highest BCUT2D eigenvalue weighted by Crippen LogP contribution is 2.28. The Balaban J connectivity index is 1.69. The molecule has 1 heterocycles. The maximum atomic E-state index is 12.9. The summed E-state index contributed by atoms with van der Waals surface area (Å²) in [7, 11) is 0. The third-order valence-electron chi connectivity index (χ3n) is 5.59. The Morgan fingerprint density at radius 2 is 1.55 bits per heavy atom. The number of rotatable bonds is 6. The molecule has 7 nitrogen and oxygen atoms in total. The van der Waals surface area contributed by atoms with Crippen molar-refractivity contribution < 1.29 is 23.9 Å². The quantitative estimate of drug-likeness (QED) is 0.585. The van der Waals surface area contributed by atoms with Crippen LogP contribution in [0.5, 0.6) is 0 Å². The molecule has 1 saturated carbocycles. The highest BCUT2D eigenvalue weighted by molar-refractivity contribution is 6.22. The first-order valence-electron chi connectivity index (χ1n) is 10.3. The Labute approximate surface area is 170 Å². The first kappa shape index (κ1) is 21.0. The smallest absolute Gasteiger partial charge is 0.330 e. The van der Waals surface area contributed by atoms with E-state index in [-0.39, 0.29) is 29.0 Å². The van der Waals surface area contributed by atoms with Gasteiger partial charge < -0.3 is 10.1 Å². The fraction of sp³-hybridized carbons (Fsp3) is 0.545. The van der Waals surface area contributed by atoms with Gasteiger partial charge in [-0.25, -0.2) is 4.79 Å². The van der Waals surface area contributed by atoms with E-state index in [1.165, 1.54) is 13.3 Å². The zero-order valence-corrected chi connectivity index (χ0v) is 17.1. The van der Waals surface area contributed by atoms with Gasteiger partial charge in [-0.3, -0.25) is 19.3 Å². The zero-order valence-electron chi connectivity index (χ0n) is 17.1. The lowest BCUT2D eigenvalue weighted by molar-refractivity contribution is -0.160. The largest absolute Gasteiger partial charge is 0.451 e. The van der Waals surface area contributed by atoms with E-state index in [4.69, 9.17) is 4.74 Å². The first-order valence-corrected chi connectivity index (χ1v) is 10.3. The van der Waals surface area contributed by atoms with Crippen molar-refractivity contribution in [2.75, 3.05) is 0 Å². The lowest BCUT2D eigenvalue weighted by Gasteiger charge is -2.29. The number of amides is 3. The number of hydrogen-bond donors (Lipinski definition) is 1. The molecule has 1 aromatic carbocycles. The van der Waals surface area contributed by atoms with Crippen LogP contribution in [0.3, 0.4) is 0 Å². The van der Waals surface area contributed by atoms with Gasteiger partial charge in [-0.15, -0.1) is 0 Å². The average molecular weight is 400 g/mol. The van der Waals surface area contributed by atoms with Crippen molar-refractivity contribution in [3.05, 3.63) is 35.4 Å². The Kier molecular flexibility index (Phi) is 6.35. The third kappa shape index (κ3) is 4.33. The molecule has 156 valence electrons. The number of carbonyl (C=O) groups excluding carboxylic acids is 4. The number of carbonyl (C=O) groups is 4. The minimum atomic E-state index is -1.09. The Hall–Kier alpha value is -2.70. The number of esters is 1. The molecule has 0 aromatic heterocycles. The molecular weight excluding hydrogens is 372 g/mol.